The zero-order valence-electron chi connectivity index (χ0n) is 29.3. The van der Waals surface area contributed by atoms with Gasteiger partial charge in [0.15, 0.2) is 17.5 Å². The van der Waals surface area contributed by atoms with Crippen LogP contribution in [0.15, 0.2) is 194 Å². The van der Waals surface area contributed by atoms with Crippen LogP contribution in [0.1, 0.15) is 0 Å². The van der Waals surface area contributed by atoms with Crippen molar-refractivity contribution in [2.45, 2.75) is 0 Å². The molecule has 0 aliphatic rings. The van der Waals surface area contributed by atoms with Crippen LogP contribution in [0.25, 0.3) is 100 Å². The Balaban J connectivity index is 1.15. The first-order chi connectivity index (χ1) is 26.8. The maximum absolute atomic E-state index is 5.43. The van der Waals surface area contributed by atoms with Crippen molar-refractivity contribution in [1.29, 1.82) is 0 Å². The third-order valence-electron chi connectivity index (χ3n) is 10.1. The lowest BCUT2D eigenvalue weighted by atomic mass is 9.90. The predicted molar refractivity (Wildman–Crippen MR) is 223 cm³/mol. The van der Waals surface area contributed by atoms with Crippen molar-refractivity contribution in [1.82, 2.24) is 19.9 Å². The lowest BCUT2D eigenvalue weighted by Crippen LogP contribution is -2.00. The van der Waals surface area contributed by atoms with Crippen molar-refractivity contribution in [3.63, 3.8) is 0 Å². The van der Waals surface area contributed by atoms with Gasteiger partial charge in [-0.3, -0.25) is 0 Å². The topological polar surface area (TPSA) is 51.6 Å². The maximum Gasteiger partial charge on any atom is 0.164 e. The van der Waals surface area contributed by atoms with E-state index >= 15 is 0 Å². The highest BCUT2D eigenvalue weighted by atomic mass is 15.0. The molecule has 4 nitrogen and oxygen atoms in total. The summed E-state index contributed by atoms with van der Waals surface area (Å²) in [5.74, 6) is 1.92. The molecule has 10 aromatic rings. The fourth-order valence-electron chi connectivity index (χ4n) is 7.51. The van der Waals surface area contributed by atoms with Gasteiger partial charge in [-0.25, -0.2) is 19.9 Å². The second kappa shape index (κ2) is 13.4. The number of hydrogen-bond acceptors (Lipinski definition) is 4. The zero-order chi connectivity index (χ0) is 35.8. The number of hydrogen-bond donors (Lipinski definition) is 0. The Labute approximate surface area is 313 Å². The van der Waals surface area contributed by atoms with Crippen LogP contribution in [0.4, 0.5) is 0 Å². The van der Waals surface area contributed by atoms with Crippen LogP contribution < -0.4 is 0 Å². The fourth-order valence-corrected chi connectivity index (χ4v) is 7.51. The highest BCUT2D eigenvalue weighted by Gasteiger charge is 2.18. The van der Waals surface area contributed by atoms with E-state index < -0.39 is 0 Å². The molecule has 2 aromatic heterocycles. The van der Waals surface area contributed by atoms with E-state index in [0.717, 1.165) is 55.5 Å². The molecule has 4 heteroatoms. The van der Waals surface area contributed by atoms with Crippen LogP contribution in [0.2, 0.25) is 0 Å². The van der Waals surface area contributed by atoms with Crippen LogP contribution in [-0.4, -0.2) is 19.9 Å². The Hall–Kier alpha value is -7.30. The van der Waals surface area contributed by atoms with Crippen molar-refractivity contribution in [3.8, 4) is 67.7 Å². The summed E-state index contributed by atoms with van der Waals surface area (Å²) >= 11 is 0. The van der Waals surface area contributed by atoms with Gasteiger partial charge in [-0.15, -0.1) is 0 Å². The number of pyridine rings is 1. The van der Waals surface area contributed by atoms with Crippen LogP contribution >= 0.6 is 0 Å². The molecule has 0 fully saturated rings. The van der Waals surface area contributed by atoms with E-state index in [4.69, 9.17) is 19.9 Å². The van der Waals surface area contributed by atoms with E-state index in [9.17, 15) is 0 Å². The average molecular weight is 689 g/mol. The third kappa shape index (κ3) is 5.67. The molecule has 8 aromatic carbocycles. The standard InChI is InChI=1S/C50H32N4/c1-4-15-34(16-5-1)44-32-45(41-26-14-22-33-17-10-11-23-39(33)41)51-46-31-43(40-24-12-13-25-42(40)47(44)46)35-27-29-38(30-28-35)50-53-48(36-18-6-2-7-19-36)52-49(54-50)37-20-8-3-9-21-37/h1-32H. The average Bonchev–Trinajstić information content (AvgIpc) is 3.26. The molecule has 0 amide bonds. The van der Waals surface area contributed by atoms with Crippen LogP contribution in [-0.2, 0) is 0 Å². The van der Waals surface area contributed by atoms with Crippen molar-refractivity contribution < 1.29 is 0 Å². The van der Waals surface area contributed by atoms with E-state index in [1.165, 1.54) is 27.1 Å². The molecular weight excluding hydrogens is 657 g/mol. The second-order valence-electron chi connectivity index (χ2n) is 13.4. The molecule has 0 unspecified atom stereocenters. The summed E-state index contributed by atoms with van der Waals surface area (Å²) < 4.78 is 0. The van der Waals surface area contributed by atoms with Gasteiger partial charge >= 0.3 is 0 Å². The van der Waals surface area contributed by atoms with Gasteiger partial charge in [0.1, 0.15) is 0 Å². The summed E-state index contributed by atoms with van der Waals surface area (Å²) in [4.78, 5) is 20.2. The smallest absolute Gasteiger partial charge is 0.164 e. The summed E-state index contributed by atoms with van der Waals surface area (Å²) in [5, 5.41) is 5.87. The normalized spacial score (nSPS) is 11.3. The zero-order valence-corrected chi connectivity index (χ0v) is 29.3. The van der Waals surface area contributed by atoms with Crippen LogP contribution in [0.3, 0.4) is 0 Å². The van der Waals surface area contributed by atoms with Crippen molar-refractivity contribution in [2.75, 3.05) is 0 Å². The molecular formula is C50H32N4. The van der Waals surface area contributed by atoms with Gasteiger partial charge in [0.05, 0.1) is 11.2 Å². The Bertz CT molecular complexity index is 2900. The number of nitrogens with zero attached hydrogens (tertiary/aromatic N) is 4. The Morgan fingerprint density at radius 1 is 0.278 bits per heavy atom. The summed E-state index contributed by atoms with van der Waals surface area (Å²) in [6.45, 7) is 0. The monoisotopic (exact) mass is 688 g/mol. The van der Waals surface area contributed by atoms with Gasteiger partial charge in [0.2, 0.25) is 0 Å². The van der Waals surface area contributed by atoms with E-state index in [2.05, 4.69) is 133 Å². The number of aromatic nitrogens is 4. The lowest BCUT2D eigenvalue weighted by molar-refractivity contribution is 1.07. The first-order valence-electron chi connectivity index (χ1n) is 18.1. The van der Waals surface area contributed by atoms with Gasteiger partial charge in [-0.05, 0) is 55.9 Å². The van der Waals surface area contributed by atoms with Crippen LogP contribution in [0, 0.1) is 0 Å². The molecule has 0 N–H and O–H groups in total. The number of benzene rings is 8. The van der Waals surface area contributed by atoms with E-state index in [1.807, 2.05) is 60.7 Å². The minimum Gasteiger partial charge on any atom is -0.248 e. The molecule has 252 valence electrons. The van der Waals surface area contributed by atoms with Crippen molar-refractivity contribution in [2.24, 2.45) is 0 Å². The lowest BCUT2D eigenvalue weighted by Gasteiger charge is -2.17. The molecule has 0 atom stereocenters. The fraction of sp³-hybridized carbons (Fsp3) is 0. The first-order valence-corrected chi connectivity index (χ1v) is 18.1. The highest BCUT2D eigenvalue weighted by molar-refractivity contribution is 6.18. The van der Waals surface area contributed by atoms with Gasteiger partial charge in [0, 0.05) is 27.6 Å². The Morgan fingerprint density at radius 3 is 1.37 bits per heavy atom. The minimum absolute atomic E-state index is 0.631. The highest BCUT2D eigenvalue weighted by Crippen LogP contribution is 2.42. The first kappa shape index (κ1) is 31.4. The molecule has 0 radical (unpaired) electrons. The maximum atomic E-state index is 5.43. The summed E-state index contributed by atoms with van der Waals surface area (Å²) in [6.07, 6.45) is 0. The van der Waals surface area contributed by atoms with Gasteiger partial charge in [-0.2, -0.15) is 0 Å². The van der Waals surface area contributed by atoms with Crippen LogP contribution in [0.5, 0.6) is 0 Å². The third-order valence-corrected chi connectivity index (χ3v) is 10.1. The van der Waals surface area contributed by atoms with E-state index in [-0.39, 0.29) is 0 Å². The van der Waals surface area contributed by atoms with Gasteiger partial charge < -0.3 is 0 Å². The molecule has 0 saturated carbocycles. The molecule has 54 heavy (non-hydrogen) atoms. The van der Waals surface area contributed by atoms with E-state index in [1.54, 1.807) is 0 Å². The van der Waals surface area contributed by atoms with Crippen molar-refractivity contribution >= 4 is 32.4 Å². The molecule has 0 aliphatic heterocycles. The molecule has 10 rings (SSSR count). The molecule has 0 spiro atoms. The molecule has 2 heterocycles. The number of rotatable bonds is 6. The molecule has 0 bridgehead atoms. The summed E-state index contributed by atoms with van der Waals surface area (Å²) in [7, 11) is 0. The second-order valence-corrected chi connectivity index (χ2v) is 13.4. The predicted octanol–water partition coefficient (Wildman–Crippen LogP) is 12.7. The van der Waals surface area contributed by atoms with Crippen molar-refractivity contribution in [3.05, 3.63) is 194 Å². The SMILES string of the molecule is c1ccc(-c2nc(-c3ccccc3)nc(-c3ccc(-c4cc5nc(-c6cccc7ccccc67)cc(-c6ccccc6)c5c5ccccc45)cc3)n2)cc1. The van der Waals surface area contributed by atoms with E-state index in [0.29, 0.717) is 17.5 Å². The Morgan fingerprint density at radius 2 is 0.741 bits per heavy atom. The number of fused-ring (bicyclic) bond motifs is 4. The minimum atomic E-state index is 0.631. The molecule has 0 saturated heterocycles. The largest absolute Gasteiger partial charge is 0.248 e. The Kier molecular flexibility index (Phi) is 7.77. The summed E-state index contributed by atoms with van der Waals surface area (Å²) in [5.41, 5.74) is 10.4. The quantitative estimate of drug-likeness (QED) is 0.163. The van der Waals surface area contributed by atoms with Gasteiger partial charge in [-0.1, -0.05) is 182 Å². The molecule has 0 aliphatic carbocycles. The van der Waals surface area contributed by atoms with Gasteiger partial charge in [0.25, 0.3) is 0 Å². The summed E-state index contributed by atoms with van der Waals surface area (Å²) in [6, 6.07) is 67.6.